The topological polar surface area (TPSA) is 83.6 Å². The van der Waals surface area contributed by atoms with Crippen molar-refractivity contribution >= 4 is 29.2 Å². The summed E-state index contributed by atoms with van der Waals surface area (Å²) >= 11 is 0. The highest BCUT2D eigenvalue weighted by Gasteiger charge is 2.46. The molecule has 142 valence electrons. The summed E-state index contributed by atoms with van der Waals surface area (Å²) in [5.41, 5.74) is 1.05. The Morgan fingerprint density at radius 1 is 0.690 bits per heavy atom. The SMILES string of the molecule is O=C(Nc1ccccc1)C(C(=O)c1ccccc1)N1C(=O)c2ccccc2C1=O. The van der Waals surface area contributed by atoms with Crippen molar-refractivity contribution in [1.29, 1.82) is 0 Å². The zero-order chi connectivity index (χ0) is 20.4. The fourth-order valence-electron chi connectivity index (χ4n) is 3.29. The second kappa shape index (κ2) is 7.52. The van der Waals surface area contributed by atoms with Crippen LogP contribution in [0, 0.1) is 0 Å². The van der Waals surface area contributed by atoms with Gasteiger partial charge in [0.1, 0.15) is 0 Å². The summed E-state index contributed by atoms with van der Waals surface area (Å²) in [4.78, 5) is 52.9. The number of benzene rings is 3. The third-order valence-electron chi connectivity index (χ3n) is 4.68. The first kappa shape index (κ1) is 18.3. The van der Waals surface area contributed by atoms with E-state index in [0.29, 0.717) is 5.69 Å². The van der Waals surface area contributed by atoms with Crippen molar-refractivity contribution in [2.75, 3.05) is 5.32 Å². The maximum absolute atomic E-state index is 13.2. The summed E-state index contributed by atoms with van der Waals surface area (Å²) in [7, 11) is 0. The smallest absolute Gasteiger partial charge is 0.262 e. The zero-order valence-corrected chi connectivity index (χ0v) is 15.2. The van der Waals surface area contributed by atoms with Crippen LogP contribution in [0.1, 0.15) is 31.1 Å². The molecular formula is C23H16N2O4. The van der Waals surface area contributed by atoms with Gasteiger partial charge < -0.3 is 5.32 Å². The largest absolute Gasteiger partial charge is 0.324 e. The van der Waals surface area contributed by atoms with E-state index in [4.69, 9.17) is 0 Å². The lowest BCUT2D eigenvalue weighted by Gasteiger charge is -2.24. The molecule has 6 nitrogen and oxygen atoms in total. The first-order chi connectivity index (χ1) is 14.1. The number of anilines is 1. The van der Waals surface area contributed by atoms with Crippen molar-refractivity contribution in [2.24, 2.45) is 0 Å². The predicted octanol–water partition coefficient (Wildman–Crippen LogP) is 3.17. The number of rotatable bonds is 5. The molecule has 0 bridgehead atoms. The van der Waals surface area contributed by atoms with Crippen molar-refractivity contribution in [1.82, 2.24) is 4.90 Å². The van der Waals surface area contributed by atoms with Gasteiger partial charge in [-0.1, -0.05) is 60.7 Å². The van der Waals surface area contributed by atoms with Gasteiger partial charge in [0.25, 0.3) is 17.7 Å². The molecule has 1 N–H and O–H groups in total. The Bertz CT molecular complexity index is 1070. The predicted molar refractivity (Wildman–Crippen MR) is 107 cm³/mol. The molecule has 0 saturated carbocycles. The summed E-state index contributed by atoms with van der Waals surface area (Å²) in [6, 6.07) is 21.3. The van der Waals surface area contributed by atoms with Crippen molar-refractivity contribution in [3.63, 3.8) is 0 Å². The molecule has 0 fully saturated rings. The second-order valence-electron chi connectivity index (χ2n) is 6.51. The van der Waals surface area contributed by atoms with E-state index in [1.165, 1.54) is 12.1 Å². The fourth-order valence-corrected chi connectivity index (χ4v) is 3.29. The molecular weight excluding hydrogens is 368 g/mol. The maximum Gasteiger partial charge on any atom is 0.262 e. The quantitative estimate of drug-likeness (QED) is 0.416. The average Bonchev–Trinajstić information content (AvgIpc) is 3.01. The number of nitrogens with zero attached hydrogens (tertiary/aromatic N) is 1. The van der Waals surface area contributed by atoms with Crippen LogP contribution in [0.5, 0.6) is 0 Å². The highest BCUT2D eigenvalue weighted by Crippen LogP contribution is 2.26. The van der Waals surface area contributed by atoms with Gasteiger partial charge in [-0.05, 0) is 24.3 Å². The molecule has 3 aromatic rings. The summed E-state index contributed by atoms with van der Waals surface area (Å²) in [6.45, 7) is 0. The average molecular weight is 384 g/mol. The minimum atomic E-state index is -1.62. The molecule has 3 amide bonds. The summed E-state index contributed by atoms with van der Waals surface area (Å²) in [5.74, 6) is -2.71. The maximum atomic E-state index is 13.2. The summed E-state index contributed by atoms with van der Waals surface area (Å²) < 4.78 is 0. The Kier molecular flexibility index (Phi) is 4.75. The lowest BCUT2D eigenvalue weighted by Crippen LogP contribution is -2.51. The standard InChI is InChI=1S/C23H16N2O4/c26-20(15-9-3-1-4-10-15)19(21(27)24-16-11-5-2-6-12-16)25-22(28)17-13-7-8-14-18(17)23(25)29/h1-14,19H,(H,24,27). The van der Waals surface area contributed by atoms with E-state index in [0.717, 1.165) is 4.90 Å². The van der Waals surface area contributed by atoms with E-state index >= 15 is 0 Å². The lowest BCUT2D eigenvalue weighted by atomic mass is 10.0. The minimum absolute atomic E-state index is 0.177. The van der Waals surface area contributed by atoms with Crippen molar-refractivity contribution in [2.45, 2.75) is 6.04 Å². The van der Waals surface area contributed by atoms with E-state index in [9.17, 15) is 19.2 Å². The van der Waals surface area contributed by atoms with Gasteiger partial charge in [-0.2, -0.15) is 0 Å². The van der Waals surface area contributed by atoms with Crippen LogP contribution in [0.3, 0.4) is 0 Å². The Hall–Kier alpha value is -4.06. The molecule has 0 spiro atoms. The van der Waals surface area contributed by atoms with Crippen molar-refractivity contribution in [3.8, 4) is 0 Å². The van der Waals surface area contributed by atoms with Gasteiger partial charge in [0, 0.05) is 11.3 Å². The van der Waals surface area contributed by atoms with E-state index in [2.05, 4.69) is 5.32 Å². The van der Waals surface area contributed by atoms with Crippen molar-refractivity contribution in [3.05, 3.63) is 102 Å². The molecule has 3 aromatic carbocycles. The van der Waals surface area contributed by atoms with Crippen molar-refractivity contribution < 1.29 is 19.2 Å². The number of imide groups is 1. The van der Waals surface area contributed by atoms with Crippen LogP contribution in [0.4, 0.5) is 5.69 Å². The van der Waals surface area contributed by atoms with Gasteiger partial charge >= 0.3 is 0 Å². The molecule has 1 heterocycles. The molecule has 0 radical (unpaired) electrons. The van der Waals surface area contributed by atoms with E-state index < -0.39 is 29.5 Å². The summed E-state index contributed by atoms with van der Waals surface area (Å²) in [5, 5.41) is 2.63. The zero-order valence-electron chi connectivity index (χ0n) is 15.2. The molecule has 1 aliphatic rings. The molecule has 0 saturated heterocycles. The highest BCUT2D eigenvalue weighted by molar-refractivity contribution is 6.28. The number of amides is 3. The van der Waals surface area contributed by atoms with Gasteiger partial charge in [0.15, 0.2) is 11.8 Å². The number of carbonyl (C=O) groups is 4. The molecule has 29 heavy (non-hydrogen) atoms. The fraction of sp³-hybridized carbons (Fsp3) is 0.0435. The summed E-state index contributed by atoms with van der Waals surface area (Å²) in [6.07, 6.45) is 0. The number of carbonyl (C=O) groups excluding carboxylic acids is 4. The van der Waals surface area contributed by atoms with Gasteiger partial charge in [0.05, 0.1) is 11.1 Å². The van der Waals surface area contributed by atoms with Crippen LogP contribution in [0.2, 0.25) is 0 Å². The van der Waals surface area contributed by atoms with E-state index in [1.54, 1.807) is 72.8 Å². The van der Waals surface area contributed by atoms with Crippen LogP contribution < -0.4 is 5.32 Å². The lowest BCUT2D eigenvalue weighted by molar-refractivity contribution is -0.118. The number of fused-ring (bicyclic) bond motifs is 1. The van der Waals surface area contributed by atoms with E-state index in [-0.39, 0.29) is 16.7 Å². The number of nitrogens with one attached hydrogen (secondary N) is 1. The van der Waals surface area contributed by atoms with Crippen LogP contribution in [-0.2, 0) is 4.79 Å². The normalized spacial score (nSPS) is 13.7. The monoisotopic (exact) mass is 384 g/mol. The molecule has 1 atom stereocenters. The number of ketones is 1. The molecule has 1 aliphatic heterocycles. The number of hydrogen-bond acceptors (Lipinski definition) is 4. The molecule has 1 unspecified atom stereocenters. The number of hydrogen-bond donors (Lipinski definition) is 1. The Morgan fingerprint density at radius 2 is 1.17 bits per heavy atom. The third-order valence-corrected chi connectivity index (χ3v) is 4.68. The van der Waals surface area contributed by atoms with E-state index in [1.807, 2.05) is 0 Å². The van der Waals surface area contributed by atoms with Gasteiger partial charge in [0.2, 0.25) is 0 Å². The molecule has 0 aliphatic carbocycles. The number of Topliss-reactive ketones (excluding diaryl/α,β-unsaturated/α-hetero) is 1. The molecule has 0 aromatic heterocycles. The van der Waals surface area contributed by atoms with Crippen LogP contribution in [0.25, 0.3) is 0 Å². The second-order valence-corrected chi connectivity index (χ2v) is 6.51. The Morgan fingerprint density at radius 3 is 1.72 bits per heavy atom. The highest BCUT2D eigenvalue weighted by atomic mass is 16.2. The Labute approximate surface area is 166 Å². The van der Waals surface area contributed by atoms with Gasteiger partial charge in [-0.15, -0.1) is 0 Å². The Balaban J connectivity index is 1.75. The van der Waals surface area contributed by atoms with Gasteiger partial charge in [-0.25, -0.2) is 0 Å². The van der Waals surface area contributed by atoms with Crippen LogP contribution in [0.15, 0.2) is 84.9 Å². The van der Waals surface area contributed by atoms with Crippen LogP contribution in [-0.4, -0.2) is 34.4 Å². The third kappa shape index (κ3) is 3.32. The van der Waals surface area contributed by atoms with Crippen LogP contribution >= 0.6 is 0 Å². The first-order valence-corrected chi connectivity index (χ1v) is 9.00. The molecule has 4 rings (SSSR count). The van der Waals surface area contributed by atoms with Gasteiger partial charge in [-0.3, -0.25) is 24.1 Å². The molecule has 6 heteroatoms. The minimum Gasteiger partial charge on any atom is -0.324 e. The number of para-hydroxylation sites is 1. The first-order valence-electron chi connectivity index (χ1n) is 9.00.